The fourth-order valence-corrected chi connectivity index (χ4v) is 2.31. The molecule has 1 aliphatic heterocycles. The number of hydrogen-bond acceptors (Lipinski definition) is 4. The maximum absolute atomic E-state index is 13.4. The van der Waals surface area contributed by atoms with Gasteiger partial charge in [0.2, 0.25) is 0 Å². The molecule has 1 unspecified atom stereocenters. The molecule has 0 radical (unpaired) electrons. The quantitative estimate of drug-likeness (QED) is 0.866. The molecule has 0 spiro atoms. The Morgan fingerprint density at radius 1 is 1.50 bits per heavy atom. The monoisotopic (exact) mass is 305 g/mol. The topological polar surface area (TPSA) is 65.4 Å². The van der Waals surface area contributed by atoms with E-state index in [9.17, 15) is 9.18 Å². The Balaban J connectivity index is 2.11. The number of nitrogens with one attached hydrogen (secondary N) is 1. The summed E-state index contributed by atoms with van der Waals surface area (Å²) in [4.78, 5) is 13.8. The number of nitrogens with zero attached hydrogens (tertiary/aromatic N) is 2. The smallest absolute Gasteiger partial charge is 0.410 e. The van der Waals surface area contributed by atoms with Crippen molar-refractivity contribution in [2.24, 2.45) is 0 Å². The third-order valence-corrected chi connectivity index (χ3v) is 3.34. The lowest BCUT2D eigenvalue weighted by Crippen LogP contribution is -2.49. The third-order valence-electron chi connectivity index (χ3n) is 3.34. The molecule has 1 amide bonds. The summed E-state index contributed by atoms with van der Waals surface area (Å²) in [5.41, 5.74) is 0.251. The highest BCUT2D eigenvalue weighted by Gasteiger charge is 2.28. The van der Waals surface area contributed by atoms with Crippen LogP contribution in [0.25, 0.3) is 0 Å². The average Bonchev–Trinajstić information content (AvgIpc) is 2.46. The third kappa shape index (κ3) is 3.95. The minimum absolute atomic E-state index is 0.00805. The molecule has 1 atom stereocenters. The number of carbonyl (C=O) groups is 1. The Bertz CT molecular complexity index is 604. The predicted molar refractivity (Wildman–Crippen MR) is 79.7 cm³/mol. The summed E-state index contributed by atoms with van der Waals surface area (Å²) in [6.45, 7) is 7.06. The second-order valence-corrected chi connectivity index (χ2v) is 6.28. The Hall–Kier alpha value is -2.13. The van der Waals surface area contributed by atoms with Crippen LogP contribution in [0.15, 0.2) is 18.2 Å². The lowest BCUT2D eigenvalue weighted by atomic mass is 10.0. The molecular weight excluding hydrogens is 285 g/mol. The van der Waals surface area contributed by atoms with Crippen molar-refractivity contribution in [1.29, 1.82) is 5.26 Å². The highest BCUT2D eigenvalue weighted by molar-refractivity contribution is 5.68. The van der Waals surface area contributed by atoms with Gasteiger partial charge in [0, 0.05) is 19.6 Å². The van der Waals surface area contributed by atoms with Gasteiger partial charge in [-0.15, -0.1) is 0 Å². The van der Waals surface area contributed by atoms with Gasteiger partial charge >= 0.3 is 6.09 Å². The molecule has 1 fully saturated rings. The maximum atomic E-state index is 13.4. The number of rotatable bonds is 1. The summed E-state index contributed by atoms with van der Waals surface area (Å²) in [6, 6.07) is 6.12. The Morgan fingerprint density at radius 3 is 2.86 bits per heavy atom. The normalized spacial score (nSPS) is 18.7. The number of halogens is 1. The van der Waals surface area contributed by atoms with Crippen LogP contribution in [0.4, 0.5) is 9.18 Å². The van der Waals surface area contributed by atoms with E-state index in [2.05, 4.69) is 5.32 Å². The molecule has 0 aromatic heterocycles. The molecule has 1 heterocycles. The van der Waals surface area contributed by atoms with Gasteiger partial charge in [-0.2, -0.15) is 5.26 Å². The van der Waals surface area contributed by atoms with Gasteiger partial charge in [-0.3, -0.25) is 0 Å². The van der Waals surface area contributed by atoms with Crippen LogP contribution in [-0.2, 0) is 4.74 Å². The van der Waals surface area contributed by atoms with E-state index in [1.54, 1.807) is 11.0 Å². The molecule has 2 rings (SSSR count). The summed E-state index contributed by atoms with van der Waals surface area (Å²) < 4.78 is 18.8. The zero-order valence-corrected chi connectivity index (χ0v) is 13.0. The van der Waals surface area contributed by atoms with Crippen LogP contribution in [-0.4, -0.2) is 36.2 Å². The molecule has 0 saturated carbocycles. The highest BCUT2D eigenvalue weighted by atomic mass is 19.1. The second kappa shape index (κ2) is 6.32. The average molecular weight is 305 g/mol. The van der Waals surface area contributed by atoms with Crippen molar-refractivity contribution in [1.82, 2.24) is 10.2 Å². The summed E-state index contributed by atoms with van der Waals surface area (Å²) >= 11 is 0. The number of carbonyl (C=O) groups excluding carboxylic acids is 1. The molecule has 1 saturated heterocycles. The number of piperazine rings is 1. The van der Waals surface area contributed by atoms with E-state index in [4.69, 9.17) is 10.00 Å². The summed E-state index contributed by atoms with van der Waals surface area (Å²) in [5.74, 6) is -0.536. The van der Waals surface area contributed by atoms with Crippen LogP contribution in [0.3, 0.4) is 0 Å². The predicted octanol–water partition coefficient (Wildman–Crippen LogP) is 2.58. The van der Waals surface area contributed by atoms with E-state index in [0.717, 1.165) is 5.56 Å². The summed E-state index contributed by atoms with van der Waals surface area (Å²) in [6.07, 6.45) is -0.360. The van der Waals surface area contributed by atoms with Gasteiger partial charge in [0.25, 0.3) is 0 Å². The van der Waals surface area contributed by atoms with Crippen LogP contribution in [0, 0.1) is 17.1 Å². The van der Waals surface area contributed by atoms with E-state index < -0.39 is 11.4 Å². The van der Waals surface area contributed by atoms with E-state index in [1.807, 2.05) is 26.8 Å². The molecule has 0 aliphatic carbocycles. The van der Waals surface area contributed by atoms with E-state index >= 15 is 0 Å². The van der Waals surface area contributed by atoms with E-state index in [0.29, 0.717) is 19.6 Å². The fourth-order valence-electron chi connectivity index (χ4n) is 2.31. The van der Waals surface area contributed by atoms with Gasteiger partial charge in [-0.1, -0.05) is 6.07 Å². The van der Waals surface area contributed by atoms with Crippen LogP contribution >= 0.6 is 0 Å². The fraction of sp³-hybridized carbons (Fsp3) is 0.500. The van der Waals surface area contributed by atoms with Gasteiger partial charge in [-0.25, -0.2) is 9.18 Å². The minimum atomic E-state index is -0.540. The SMILES string of the molecule is CC(C)(C)OC(=O)N1CCNC(c2ccc(F)c(C#N)c2)C1. The molecule has 1 aromatic carbocycles. The summed E-state index contributed by atoms with van der Waals surface area (Å²) in [7, 11) is 0. The standard InChI is InChI=1S/C16H20FN3O2/c1-16(2,3)22-15(21)20-7-6-19-14(10-20)11-4-5-13(17)12(8-11)9-18/h4-5,8,14,19H,6-7,10H2,1-3H3. The van der Waals surface area contributed by atoms with Crippen molar-refractivity contribution in [3.8, 4) is 6.07 Å². The van der Waals surface area contributed by atoms with Crippen LogP contribution < -0.4 is 5.32 Å². The number of hydrogen-bond donors (Lipinski definition) is 1. The Labute approximate surface area is 129 Å². The van der Waals surface area contributed by atoms with Gasteiger partial charge in [0.15, 0.2) is 0 Å². The van der Waals surface area contributed by atoms with Crippen LogP contribution in [0.2, 0.25) is 0 Å². The molecular formula is C16H20FN3O2. The van der Waals surface area contributed by atoms with Gasteiger partial charge < -0.3 is 15.0 Å². The molecule has 1 aromatic rings. The molecule has 1 N–H and O–H groups in total. The molecule has 6 heteroatoms. The van der Waals surface area contributed by atoms with E-state index in [-0.39, 0.29) is 17.7 Å². The number of ether oxygens (including phenoxy) is 1. The first-order valence-corrected chi connectivity index (χ1v) is 7.21. The lowest BCUT2D eigenvalue weighted by Gasteiger charge is -2.35. The van der Waals surface area contributed by atoms with Crippen molar-refractivity contribution in [2.45, 2.75) is 32.4 Å². The Kier molecular flexibility index (Phi) is 4.67. The van der Waals surface area contributed by atoms with E-state index in [1.165, 1.54) is 12.1 Å². The lowest BCUT2D eigenvalue weighted by molar-refractivity contribution is 0.0195. The molecule has 22 heavy (non-hydrogen) atoms. The first-order chi connectivity index (χ1) is 10.3. The Morgan fingerprint density at radius 2 is 2.23 bits per heavy atom. The van der Waals surface area contributed by atoms with Crippen LogP contribution in [0.5, 0.6) is 0 Å². The zero-order chi connectivity index (χ0) is 16.3. The zero-order valence-electron chi connectivity index (χ0n) is 13.0. The second-order valence-electron chi connectivity index (χ2n) is 6.28. The van der Waals surface area contributed by atoms with Crippen LogP contribution in [0.1, 0.15) is 37.9 Å². The van der Waals surface area contributed by atoms with Crippen molar-refractivity contribution in [3.63, 3.8) is 0 Å². The van der Waals surface area contributed by atoms with Gasteiger partial charge in [0.05, 0.1) is 11.6 Å². The number of amides is 1. The van der Waals surface area contributed by atoms with Gasteiger partial charge in [-0.05, 0) is 38.5 Å². The van der Waals surface area contributed by atoms with Crippen molar-refractivity contribution in [2.75, 3.05) is 19.6 Å². The van der Waals surface area contributed by atoms with Gasteiger partial charge in [0.1, 0.15) is 17.5 Å². The van der Waals surface area contributed by atoms with Crippen molar-refractivity contribution >= 4 is 6.09 Å². The molecule has 118 valence electrons. The summed E-state index contributed by atoms with van der Waals surface area (Å²) in [5, 5.41) is 12.2. The number of benzene rings is 1. The van der Waals surface area contributed by atoms with Crippen molar-refractivity contribution in [3.05, 3.63) is 35.1 Å². The highest BCUT2D eigenvalue weighted by Crippen LogP contribution is 2.21. The largest absolute Gasteiger partial charge is 0.444 e. The first-order valence-electron chi connectivity index (χ1n) is 7.21. The molecule has 5 nitrogen and oxygen atoms in total. The minimum Gasteiger partial charge on any atom is -0.444 e. The molecule has 1 aliphatic rings. The maximum Gasteiger partial charge on any atom is 0.410 e. The molecule has 0 bridgehead atoms. The number of nitriles is 1. The van der Waals surface area contributed by atoms with Crippen molar-refractivity contribution < 1.29 is 13.9 Å². The first kappa shape index (κ1) is 16.2.